The fourth-order valence-electron chi connectivity index (χ4n) is 3.89. The van der Waals surface area contributed by atoms with Crippen LogP contribution >= 0.6 is 12.4 Å². The number of carbonyl (C=O) groups is 2. The summed E-state index contributed by atoms with van der Waals surface area (Å²) in [5.41, 5.74) is 0.427. The molecule has 2 amide bonds. The monoisotopic (exact) mass is 427 g/mol. The molecule has 2 heterocycles. The zero-order valence-corrected chi connectivity index (χ0v) is 18.0. The molecule has 2 fully saturated rings. The lowest BCUT2D eigenvalue weighted by Gasteiger charge is -2.37. The van der Waals surface area contributed by atoms with Crippen LogP contribution < -0.4 is 19.5 Å². The summed E-state index contributed by atoms with van der Waals surface area (Å²) in [4.78, 5) is 29.4. The molecule has 0 aliphatic carbocycles. The summed E-state index contributed by atoms with van der Waals surface area (Å²) in [6, 6.07) is 3.39. The van der Waals surface area contributed by atoms with Gasteiger partial charge in [0.15, 0.2) is 11.5 Å². The third kappa shape index (κ3) is 4.87. The van der Waals surface area contributed by atoms with Crippen LogP contribution in [0.2, 0.25) is 0 Å². The van der Waals surface area contributed by atoms with Crippen LogP contribution in [0.3, 0.4) is 0 Å². The Kier molecular flexibility index (Phi) is 8.40. The maximum atomic E-state index is 13.1. The van der Waals surface area contributed by atoms with Gasteiger partial charge in [0.2, 0.25) is 11.7 Å². The van der Waals surface area contributed by atoms with Crippen LogP contribution in [0.15, 0.2) is 12.1 Å². The second-order valence-corrected chi connectivity index (χ2v) is 7.04. The number of hydrogen-bond donors (Lipinski definition) is 1. The Morgan fingerprint density at radius 3 is 2.17 bits per heavy atom. The molecular weight excluding hydrogens is 398 g/mol. The minimum Gasteiger partial charge on any atom is -0.493 e. The first kappa shape index (κ1) is 23.1. The van der Waals surface area contributed by atoms with Crippen molar-refractivity contribution in [2.45, 2.75) is 12.8 Å². The van der Waals surface area contributed by atoms with Gasteiger partial charge in [-0.15, -0.1) is 12.4 Å². The van der Waals surface area contributed by atoms with Crippen molar-refractivity contribution in [2.24, 2.45) is 5.92 Å². The van der Waals surface area contributed by atoms with Crippen LogP contribution in [0, 0.1) is 5.92 Å². The Labute approximate surface area is 177 Å². The summed E-state index contributed by atoms with van der Waals surface area (Å²) >= 11 is 0. The first-order valence-electron chi connectivity index (χ1n) is 9.68. The molecule has 2 saturated heterocycles. The lowest BCUT2D eigenvalue weighted by atomic mass is 9.98. The highest BCUT2D eigenvalue weighted by Gasteiger charge is 2.31. The van der Waals surface area contributed by atoms with Gasteiger partial charge in [0.25, 0.3) is 5.91 Å². The Morgan fingerprint density at radius 1 is 0.966 bits per heavy atom. The molecule has 2 aliphatic rings. The summed E-state index contributed by atoms with van der Waals surface area (Å²) in [5, 5.41) is 3.29. The van der Waals surface area contributed by atoms with Gasteiger partial charge in [-0.05, 0) is 31.5 Å². The number of hydrogen-bond acceptors (Lipinski definition) is 6. The number of methoxy groups -OCH3 is 3. The number of nitrogens with one attached hydrogen (secondary N) is 1. The van der Waals surface area contributed by atoms with Gasteiger partial charge >= 0.3 is 0 Å². The summed E-state index contributed by atoms with van der Waals surface area (Å²) < 4.78 is 16.1. The van der Waals surface area contributed by atoms with Gasteiger partial charge in [-0.2, -0.15) is 0 Å². The molecule has 8 nitrogen and oxygen atoms in total. The van der Waals surface area contributed by atoms with E-state index in [1.807, 2.05) is 4.90 Å². The van der Waals surface area contributed by atoms with E-state index < -0.39 is 0 Å². The molecule has 29 heavy (non-hydrogen) atoms. The largest absolute Gasteiger partial charge is 0.493 e. The van der Waals surface area contributed by atoms with Crippen molar-refractivity contribution in [3.05, 3.63) is 17.7 Å². The van der Waals surface area contributed by atoms with Crippen LogP contribution in [0.25, 0.3) is 0 Å². The van der Waals surface area contributed by atoms with Crippen molar-refractivity contribution in [2.75, 3.05) is 60.6 Å². The van der Waals surface area contributed by atoms with E-state index in [9.17, 15) is 9.59 Å². The fourth-order valence-corrected chi connectivity index (χ4v) is 3.89. The third-order valence-corrected chi connectivity index (χ3v) is 5.46. The lowest BCUT2D eigenvalue weighted by Crippen LogP contribution is -2.53. The Hall–Kier alpha value is -2.19. The first-order valence-corrected chi connectivity index (χ1v) is 9.68. The molecular formula is C20H30ClN3O5. The third-order valence-electron chi connectivity index (χ3n) is 5.46. The fraction of sp³-hybridized carbons (Fsp3) is 0.600. The van der Waals surface area contributed by atoms with Crippen LogP contribution in [0.4, 0.5) is 0 Å². The maximum Gasteiger partial charge on any atom is 0.257 e. The predicted octanol–water partition coefficient (Wildman–Crippen LogP) is 1.42. The van der Waals surface area contributed by atoms with Crippen molar-refractivity contribution in [3.63, 3.8) is 0 Å². The number of nitrogens with zero attached hydrogens (tertiary/aromatic N) is 2. The second kappa shape index (κ2) is 10.5. The number of carbonyl (C=O) groups excluding carboxylic acids is 2. The molecule has 0 radical (unpaired) electrons. The second-order valence-electron chi connectivity index (χ2n) is 7.04. The zero-order chi connectivity index (χ0) is 20.1. The minimum absolute atomic E-state index is 0. The van der Waals surface area contributed by atoms with Crippen molar-refractivity contribution < 1.29 is 23.8 Å². The minimum atomic E-state index is -0.135. The maximum absolute atomic E-state index is 13.1. The quantitative estimate of drug-likeness (QED) is 0.765. The van der Waals surface area contributed by atoms with E-state index in [0.29, 0.717) is 49.0 Å². The number of amides is 2. The molecule has 0 spiro atoms. The normalized spacial score (nSPS) is 19.2. The average Bonchev–Trinajstić information content (AvgIpc) is 2.77. The van der Waals surface area contributed by atoms with Crippen molar-refractivity contribution >= 4 is 24.2 Å². The van der Waals surface area contributed by atoms with E-state index in [2.05, 4.69) is 5.32 Å². The van der Waals surface area contributed by atoms with Gasteiger partial charge in [-0.3, -0.25) is 9.59 Å². The number of benzene rings is 1. The van der Waals surface area contributed by atoms with E-state index in [1.165, 1.54) is 21.3 Å². The summed E-state index contributed by atoms with van der Waals surface area (Å²) in [6.45, 7) is 3.85. The highest BCUT2D eigenvalue weighted by atomic mass is 35.5. The highest BCUT2D eigenvalue weighted by Crippen LogP contribution is 2.40. The van der Waals surface area contributed by atoms with E-state index in [1.54, 1.807) is 17.0 Å². The Bertz CT molecular complexity index is 716. The van der Waals surface area contributed by atoms with E-state index >= 15 is 0 Å². The van der Waals surface area contributed by atoms with Gasteiger partial charge in [0.1, 0.15) is 0 Å². The van der Waals surface area contributed by atoms with Crippen LogP contribution in [0.5, 0.6) is 17.2 Å². The number of piperidine rings is 1. The molecule has 0 saturated carbocycles. The van der Waals surface area contributed by atoms with E-state index in [0.717, 1.165) is 25.9 Å². The van der Waals surface area contributed by atoms with Crippen molar-refractivity contribution in [3.8, 4) is 17.2 Å². The van der Waals surface area contributed by atoms with Crippen LogP contribution in [-0.4, -0.2) is 82.2 Å². The Balaban J connectivity index is 0.00000300. The van der Waals surface area contributed by atoms with Gasteiger partial charge in [-0.25, -0.2) is 0 Å². The van der Waals surface area contributed by atoms with Crippen molar-refractivity contribution in [1.29, 1.82) is 0 Å². The van der Waals surface area contributed by atoms with E-state index in [4.69, 9.17) is 14.2 Å². The predicted molar refractivity (Wildman–Crippen MR) is 111 cm³/mol. The Morgan fingerprint density at radius 2 is 1.62 bits per heavy atom. The molecule has 1 atom stereocenters. The molecule has 162 valence electrons. The summed E-state index contributed by atoms with van der Waals surface area (Å²) in [6.07, 6.45) is 1.97. The highest BCUT2D eigenvalue weighted by molar-refractivity contribution is 5.98. The molecule has 0 bridgehead atoms. The molecule has 1 aromatic rings. The van der Waals surface area contributed by atoms with Gasteiger partial charge in [0, 0.05) is 32.7 Å². The number of halogens is 1. The topological polar surface area (TPSA) is 80.3 Å². The van der Waals surface area contributed by atoms with Crippen molar-refractivity contribution in [1.82, 2.24) is 15.1 Å². The summed E-state index contributed by atoms with van der Waals surface area (Å²) in [5.74, 6) is 1.38. The summed E-state index contributed by atoms with van der Waals surface area (Å²) in [7, 11) is 4.55. The molecule has 1 N–H and O–H groups in total. The number of rotatable bonds is 5. The lowest BCUT2D eigenvalue weighted by molar-refractivity contribution is -0.137. The smallest absolute Gasteiger partial charge is 0.257 e. The zero-order valence-electron chi connectivity index (χ0n) is 17.2. The van der Waals surface area contributed by atoms with Crippen LogP contribution in [-0.2, 0) is 4.79 Å². The molecule has 9 heteroatoms. The van der Waals surface area contributed by atoms with E-state index in [-0.39, 0.29) is 30.1 Å². The molecule has 2 aliphatic heterocycles. The molecule has 1 unspecified atom stereocenters. The average molecular weight is 428 g/mol. The molecule has 3 rings (SSSR count). The van der Waals surface area contributed by atoms with Gasteiger partial charge in [-0.1, -0.05) is 0 Å². The molecule has 0 aromatic heterocycles. The van der Waals surface area contributed by atoms with Gasteiger partial charge in [0.05, 0.1) is 32.8 Å². The van der Waals surface area contributed by atoms with Gasteiger partial charge < -0.3 is 29.3 Å². The number of ether oxygens (including phenoxy) is 3. The van der Waals surface area contributed by atoms with Crippen LogP contribution in [0.1, 0.15) is 23.2 Å². The SMILES string of the molecule is COc1ccc(C(=O)N2CCN(C(=O)C3CCCNC3)CC2)c(OC)c1OC.Cl. The molecule has 1 aromatic carbocycles. The standard InChI is InChI=1S/C20H29N3O5.ClH/c1-26-16-7-6-15(17(27-2)18(16)28-3)20(25)23-11-9-22(10-12-23)19(24)14-5-4-8-21-13-14;/h6-7,14,21H,4-5,8-13H2,1-3H3;1H. The number of piperazine rings is 1. The first-order chi connectivity index (χ1) is 13.6.